The smallest absolute Gasteiger partial charge is 0.137 e. The number of anilines is 3. The van der Waals surface area contributed by atoms with Gasteiger partial charge in [-0.3, -0.25) is 0 Å². The molecular weight excluding hydrogens is 619 g/mol. The van der Waals surface area contributed by atoms with E-state index in [0.717, 1.165) is 47.7 Å². The Morgan fingerprint density at radius 2 is 1.24 bits per heavy atom. The van der Waals surface area contributed by atoms with Crippen LogP contribution in [0.4, 0.5) is 17.1 Å². The third kappa shape index (κ3) is 5.02. The molecule has 0 spiro atoms. The highest BCUT2D eigenvalue weighted by Gasteiger charge is 2.22. The average Bonchev–Trinajstić information content (AvgIpc) is 3.57. The van der Waals surface area contributed by atoms with Gasteiger partial charge in [0.2, 0.25) is 0 Å². The Morgan fingerprint density at radius 3 is 2.04 bits per heavy atom. The van der Waals surface area contributed by atoms with E-state index < -0.39 is 0 Å². The van der Waals surface area contributed by atoms with Crippen LogP contribution in [0.15, 0.2) is 156 Å². The maximum atomic E-state index is 6.56. The van der Waals surface area contributed by atoms with E-state index in [0.29, 0.717) is 5.92 Å². The zero-order valence-electron chi connectivity index (χ0n) is 28.6. The zero-order valence-corrected chi connectivity index (χ0v) is 28.6. The molecule has 0 N–H and O–H groups in total. The van der Waals surface area contributed by atoms with E-state index in [9.17, 15) is 0 Å². The van der Waals surface area contributed by atoms with Crippen LogP contribution in [0.25, 0.3) is 66.9 Å². The van der Waals surface area contributed by atoms with Crippen LogP contribution in [-0.2, 0) is 6.42 Å². The molecule has 0 bridgehead atoms. The minimum Gasteiger partial charge on any atom is -0.460 e. The molecule has 1 atom stereocenters. The van der Waals surface area contributed by atoms with Gasteiger partial charge in [-0.05, 0) is 117 Å². The quantitative estimate of drug-likeness (QED) is 0.172. The Hall–Kier alpha value is -6.12. The van der Waals surface area contributed by atoms with Gasteiger partial charge in [0.25, 0.3) is 0 Å². The predicted octanol–water partition coefficient (Wildman–Crippen LogP) is 14.0. The molecule has 8 aromatic rings. The first-order valence-electron chi connectivity index (χ1n) is 18.1. The monoisotopic (exact) mass is 655 g/mol. The fourth-order valence-corrected chi connectivity index (χ4v) is 8.34. The number of hydrogen-bond donors (Lipinski definition) is 0. The molecule has 1 unspecified atom stereocenters. The summed E-state index contributed by atoms with van der Waals surface area (Å²) in [6, 6.07) is 51.3. The van der Waals surface area contributed by atoms with E-state index >= 15 is 0 Å². The summed E-state index contributed by atoms with van der Waals surface area (Å²) in [6.07, 6.45) is 12.3. The van der Waals surface area contributed by atoms with Gasteiger partial charge in [0.05, 0.1) is 0 Å². The maximum Gasteiger partial charge on any atom is 0.137 e. The number of nitrogens with zero attached hydrogens (tertiary/aromatic N) is 1. The molecule has 0 aliphatic heterocycles. The Kier molecular flexibility index (Phi) is 7.02. The summed E-state index contributed by atoms with van der Waals surface area (Å²) >= 11 is 0. The van der Waals surface area contributed by atoms with Gasteiger partial charge < -0.3 is 9.32 Å². The molecule has 51 heavy (non-hydrogen) atoms. The number of benzene rings is 7. The van der Waals surface area contributed by atoms with Crippen molar-refractivity contribution in [3.8, 4) is 22.3 Å². The molecule has 0 amide bonds. The molecular formula is C49H37NO. The van der Waals surface area contributed by atoms with Crippen molar-refractivity contribution in [2.45, 2.75) is 32.1 Å². The molecule has 7 aromatic carbocycles. The average molecular weight is 656 g/mol. The van der Waals surface area contributed by atoms with Crippen molar-refractivity contribution in [1.29, 1.82) is 0 Å². The summed E-state index contributed by atoms with van der Waals surface area (Å²) in [4.78, 5) is 2.35. The van der Waals surface area contributed by atoms with Crippen LogP contribution in [0.5, 0.6) is 0 Å². The molecule has 2 nitrogen and oxygen atoms in total. The molecule has 2 aliphatic rings. The van der Waals surface area contributed by atoms with Gasteiger partial charge >= 0.3 is 0 Å². The van der Waals surface area contributed by atoms with Crippen LogP contribution in [0, 0.1) is 0 Å². The molecule has 0 radical (unpaired) electrons. The summed E-state index contributed by atoms with van der Waals surface area (Å²) in [5.74, 6) is 1.47. The summed E-state index contributed by atoms with van der Waals surface area (Å²) in [6.45, 7) is 2.25. The van der Waals surface area contributed by atoms with Gasteiger partial charge in [0, 0.05) is 40.0 Å². The van der Waals surface area contributed by atoms with Gasteiger partial charge in [0.15, 0.2) is 0 Å². The number of fused-ring (bicyclic) bond motifs is 7. The van der Waals surface area contributed by atoms with Crippen LogP contribution < -0.4 is 4.90 Å². The van der Waals surface area contributed by atoms with E-state index in [1.54, 1.807) is 0 Å². The van der Waals surface area contributed by atoms with Crippen molar-refractivity contribution in [2.24, 2.45) is 0 Å². The van der Waals surface area contributed by atoms with Crippen molar-refractivity contribution in [2.75, 3.05) is 4.90 Å². The van der Waals surface area contributed by atoms with Crippen LogP contribution >= 0.6 is 0 Å². The number of furan rings is 1. The first-order valence-corrected chi connectivity index (χ1v) is 18.1. The fourth-order valence-electron chi connectivity index (χ4n) is 8.34. The van der Waals surface area contributed by atoms with Gasteiger partial charge in [-0.2, -0.15) is 0 Å². The SMILES string of the molecule is CC1CC=Cc2c1oc1cc(N(c3ccc(-c4cccc5c4C=CCC5)cc3)c3ccc(-c4cc5ccccc5c5ccccc45)cc3)ccc21. The van der Waals surface area contributed by atoms with Crippen molar-refractivity contribution in [3.63, 3.8) is 0 Å². The third-order valence-corrected chi connectivity index (χ3v) is 10.9. The minimum absolute atomic E-state index is 0.377. The van der Waals surface area contributed by atoms with Gasteiger partial charge in [-0.1, -0.05) is 122 Å². The number of aryl methyl sites for hydroxylation is 1. The molecule has 10 rings (SSSR count). The summed E-state index contributed by atoms with van der Waals surface area (Å²) < 4.78 is 6.56. The second-order valence-electron chi connectivity index (χ2n) is 14.0. The van der Waals surface area contributed by atoms with Crippen molar-refractivity contribution < 1.29 is 4.42 Å². The summed E-state index contributed by atoms with van der Waals surface area (Å²) in [5.41, 5.74) is 13.2. The lowest BCUT2D eigenvalue weighted by molar-refractivity contribution is 0.504. The summed E-state index contributed by atoms with van der Waals surface area (Å²) in [5, 5.41) is 6.27. The second kappa shape index (κ2) is 12.0. The fraction of sp³-hybridized carbons (Fsp3) is 0.102. The van der Waals surface area contributed by atoms with E-state index in [2.05, 4.69) is 176 Å². The molecule has 1 aromatic heterocycles. The van der Waals surface area contributed by atoms with Crippen LogP contribution in [0.1, 0.15) is 48.1 Å². The van der Waals surface area contributed by atoms with Gasteiger partial charge in [0.1, 0.15) is 11.3 Å². The first-order chi connectivity index (χ1) is 25.2. The van der Waals surface area contributed by atoms with Gasteiger partial charge in [-0.15, -0.1) is 0 Å². The molecule has 0 saturated carbocycles. The molecule has 0 saturated heterocycles. The van der Waals surface area contributed by atoms with Crippen LogP contribution in [-0.4, -0.2) is 0 Å². The van der Waals surface area contributed by atoms with E-state index in [1.807, 2.05) is 0 Å². The highest BCUT2D eigenvalue weighted by molar-refractivity contribution is 6.13. The number of allylic oxidation sites excluding steroid dienone is 2. The lowest BCUT2D eigenvalue weighted by atomic mass is 9.90. The Balaban J connectivity index is 1.09. The van der Waals surface area contributed by atoms with E-state index in [4.69, 9.17) is 4.42 Å². The standard InChI is InChI=1S/C49H37NO/c1-32-10-8-19-46-45-29-28-39(31-48(45)51-49(32)46)50(37-24-20-34(21-25-37)41-18-9-13-33-11-2-4-14-40(33)41)38-26-22-35(23-27-38)47-30-36-12-3-5-15-42(36)43-16-6-7-17-44(43)47/h3-9,12-32H,2,10-11H2,1H3. The highest BCUT2D eigenvalue weighted by atomic mass is 16.3. The molecule has 2 aliphatic carbocycles. The predicted molar refractivity (Wildman–Crippen MR) is 216 cm³/mol. The molecule has 244 valence electrons. The van der Waals surface area contributed by atoms with E-state index in [-0.39, 0.29) is 0 Å². The van der Waals surface area contributed by atoms with Crippen molar-refractivity contribution >= 4 is 61.7 Å². The van der Waals surface area contributed by atoms with Crippen molar-refractivity contribution in [1.82, 2.24) is 0 Å². The maximum absolute atomic E-state index is 6.56. The van der Waals surface area contributed by atoms with Crippen LogP contribution in [0.3, 0.4) is 0 Å². The Morgan fingerprint density at radius 1 is 0.549 bits per heavy atom. The summed E-state index contributed by atoms with van der Waals surface area (Å²) in [7, 11) is 0. The Bertz CT molecular complexity index is 2670. The zero-order chi connectivity index (χ0) is 33.9. The normalized spacial score (nSPS) is 15.0. The van der Waals surface area contributed by atoms with Crippen molar-refractivity contribution in [3.05, 3.63) is 174 Å². The second-order valence-corrected chi connectivity index (χ2v) is 14.0. The first kappa shape index (κ1) is 29.8. The number of rotatable bonds is 5. The lowest BCUT2D eigenvalue weighted by Gasteiger charge is -2.26. The highest BCUT2D eigenvalue weighted by Crippen LogP contribution is 2.43. The molecule has 2 heteroatoms. The number of hydrogen-bond acceptors (Lipinski definition) is 2. The Labute approximate surface area is 298 Å². The topological polar surface area (TPSA) is 16.4 Å². The lowest BCUT2D eigenvalue weighted by Crippen LogP contribution is -2.09. The largest absolute Gasteiger partial charge is 0.460 e. The minimum atomic E-state index is 0.377. The van der Waals surface area contributed by atoms with E-state index in [1.165, 1.54) is 65.9 Å². The van der Waals surface area contributed by atoms with Crippen LogP contribution in [0.2, 0.25) is 0 Å². The van der Waals surface area contributed by atoms with Gasteiger partial charge in [-0.25, -0.2) is 0 Å². The molecule has 0 fully saturated rings. The molecule has 1 heterocycles. The third-order valence-electron chi connectivity index (χ3n) is 10.9.